The van der Waals surface area contributed by atoms with Crippen molar-refractivity contribution in [2.24, 2.45) is 5.92 Å². The zero-order valence-electron chi connectivity index (χ0n) is 17.7. The maximum atomic E-state index is 13.0. The van der Waals surface area contributed by atoms with E-state index >= 15 is 0 Å². The molecule has 1 amide bonds. The number of rotatable bonds is 4. The first-order valence-electron chi connectivity index (χ1n) is 11.3. The van der Waals surface area contributed by atoms with Crippen molar-refractivity contribution in [3.63, 3.8) is 0 Å². The molecule has 5 nitrogen and oxygen atoms in total. The second-order valence-corrected chi connectivity index (χ2v) is 8.56. The summed E-state index contributed by atoms with van der Waals surface area (Å²) in [7, 11) is 0. The highest BCUT2D eigenvalue weighted by Crippen LogP contribution is 2.30. The number of nitrogens with one attached hydrogen (secondary N) is 1. The van der Waals surface area contributed by atoms with Crippen molar-refractivity contribution in [3.05, 3.63) is 77.9 Å². The molecular weight excluding hydrogens is 384 g/mol. The highest BCUT2D eigenvalue weighted by Gasteiger charge is 2.29. The minimum absolute atomic E-state index is 0.0712. The number of benzene rings is 2. The summed E-state index contributed by atoms with van der Waals surface area (Å²) < 4.78 is 0. The van der Waals surface area contributed by atoms with Gasteiger partial charge in [0.15, 0.2) is 5.82 Å². The van der Waals surface area contributed by atoms with E-state index in [1.807, 2.05) is 42.5 Å². The highest BCUT2D eigenvalue weighted by molar-refractivity contribution is 5.79. The molecule has 1 saturated heterocycles. The third kappa shape index (κ3) is 4.31. The Labute approximate surface area is 183 Å². The van der Waals surface area contributed by atoms with E-state index in [0.29, 0.717) is 0 Å². The zero-order chi connectivity index (χ0) is 21.0. The number of amides is 1. The molecule has 1 atom stereocenters. The second kappa shape index (κ2) is 8.88. The fourth-order valence-corrected chi connectivity index (χ4v) is 4.82. The van der Waals surface area contributed by atoms with Gasteiger partial charge in [-0.05, 0) is 55.4 Å². The average molecular weight is 413 g/mol. The SMILES string of the molecule is O=C(N[C@@H]1CCCc2ccccc21)C1CCN(c2ccc(-c3ccccc3)nn2)CC1. The summed E-state index contributed by atoms with van der Waals surface area (Å²) in [6.07, 6.45) is 4.98. The predicted molar refractivity (Wildman–Crippen MR) is 123 cm³/mol. The summed E-state index contributed by atoms with van der Waals surface area (Å²) in [4.78, 5) is 15.2. The summed E-state index contributed by atoms with van der Waals surface area (Å²) in [5.41, 5.74) is 4.63. The molecule has 1 aliphatic carbocycles. The normalized spacial score (nSPS) is 19.0. The van der Waals surface area contributed by atoms with Crippen molar-refractivity contribution >= 4 is 11.7 Å². The van der Waals surface area contributed by atoms with Crippen LogP contribution in [0.5, 0.6) is 0 Å². The number of carbonyl (C=O) groups excluding carboxylic acids is 1. The number of aromatic nitrogens is 2. The Morgan fingerprint density at radius 1 is 0.871 bits per heavy atom. The summed E-state index contributed by atoms with van der Waals surface area (Å²) in [5.74, 6) is 1.16. The molecular formula is C26H28N4O. The molecule has 1 aromatic heterocycles. The summed E-state index contributed by atoms with van der Waals surface area (Å²) in [5, 5.41) is 12.2. The molecule has 3 aromatic rings. The lowest BCUT2D eigenvalue weighted by Gasteiger charge is -2.33. The van der Waals surface area contributed by atoms with Gasteiger partial charge in [-0.25, -0.2) is 0 Å². The lowest BCUT2D eigenvalue weighted by Crippen LogP contribution is -2.42. The Kier molecular flexibility index (Phi) is 5.65. The van der Waals surface area contributed by atoms with Gasteiger partial charge >= 0.3 is 0 Å². The number of anilines is 1. The molecule has 1 N–H and O–H groups in total. The molecule has 2 aromatic carbocycles. The van der Waals surface area contributed by atoms with Gasteiger partial charge in [-0.15, -0.1) is 10.2 Å². The zero-order valence-corrected chi connectivity index (χ0v) is 17.7. The van der Waals surface area contributed by atoms with E-state index in [9.17, 15) is 4.79 Å². The van der Waals surface area contributed by atoms with E-state index < -0.39 is 0 Å². The second-order valence-electron chi connectivity index (χ2n) is 8.56. The first-order valence-corrected chi connectivity index (χ1v) is 11.3. The van der Waals surface area contributed by atoms with Crippen LogP contribution in [-0.2, 0) is 11.2 Å². The van der Waals surface area contributed by atoms with Gasteiger partial charge in [-0.3, -0.25) is 4.79 Å². The summed E-state index contributed by atoms with van der Waals surface area (Å²) >= 11 is 0. The number of hydrogen-bond donors (Lipinski definition) is 1. The Bertz CT molecular complexity index is 1030. The first kappa shape index (κ1) is 19.7. The van der Waals surface area contributed by atoms with Crippen molar-refractivity contribution in [2.45, 2.75) is 38.1 Å². The number of aryl methyl sites for hydroxylation is 1. The minimum Gasteiger partial charge on any atom is -0.355 e. The molecule has 2 aliphatic rings. The van der Waals surface area contributed by atoms with E-state index in [1.54, 1.807) is 0 Å². The highest BCUT2D eigenvalue weighted by atomic mass is 16.1. The molecule has 5 heteroatoms. The molecule has 2 heterocycles. The smallest absolute Gasteiger partial charge is 0.223 e. The van der Waals surface area contributed by atoms with Crippen molar-refractivity contribution < 1.29 is 4.79 Å². The minimum atomic E-state index is 0.0712. The fraction of sp³-hybridized carbons (Fsp3) is 0.346. The maximum absolute atomic E-state index is 13.0. The molecule has 5 rings (SSSR count). The lowest BCUT2D eigenvalue weighted by atomic mass is 9.87. The molecule has 1 fully saturated rings. The van der Waals surface area contributed by atoms with Crippen molar-refractivity contribution in [1.29, 1.82) is 0 Å². The van der Waals surface area contributed by atoms with Crippen LogP contribution in [0.3, 0.4) is 0 Å². The van der Waals surface area contributed by atoms with E-state index in [2.05, 4.69) is 44.7 Å². The maximum Gasteiger partial charge on any atom is 0.223 e. The number of fused-ring (bicyclic) bond motifs is 1. The van der Waals surface area contributed by atoms with Crippen LogP contribution in [0.4, 0.5) is 5.82 Å². The molecule has 31 heavy (non-hydrogen) atoms. The van der Waals surface area contributed by atoms with Crippen LogP contribution in [0.25, 0.3) is 11.3 Å². The van der Waals surface area contributed by atoms with Gasteiger partial charge in [0.05, 0.1) is 11.7 Å². The van der Waals surface area contributed by atoms with E-state index in [0.717, 1.165) is 62.3 Å². The van der Waals surface area contributed by atoms with Crippen LogP contribution < -0.4 is 10.2 Å². The Morgan fingerprint density at radius 2 is 1.65 bits per heavy atom. The van der Waals surface area contributed by atoms with Gasteiger partial charge in [-0.1, -0.05) is 54.6 Å². The van der Waals surface area contributed by atoms with Crippen LogP contribution in [0, 0.1) is 5.92 Å². The molecule has 0 bridgehead atoms. The van der Waals surface area contributed by atoms with Gasteiger partial charge in [0.25, 0.3) is 0 Å². The van der Waals surface area contributed by atoms with Gasteiger partial charge in [0.1, 0.15) is 0 Å². The fourth-order valence-electron chi connectivity index (χ4n) is 4.82. The van der Waals surface area contributed by atoms with Crippen LogP contribution in [0.2, 0.25) is 0 Å². The van der Waals surface area contributed by atoms with Crippen LogP contribution >= 0.6 is 0 Å². The number of carbonyl (C=O) groups is 1. The average Bonchev–Trinajstić information content (AvgIpc) is 2.85. The third-order valence-electron chi connectivity index (χ3n) is 6.60. The van der Waals surface area contributed by atoms with E-state index in [1.165, 1.54) is 11.1 Å². The van der Waals surface area contributed by atoms with Crippen LogP contribution in [0.1, 0.15) is 42.9 Å². The Morgan fingerprint density at radius 3 is 2.42 bits per heavy atom. The predicted octanol–water partition coefficient (Wildman–Crippen LogP) is 4.55. The largest absolute Gasteiger partial charge is 0.355 e. The summed E-state index contributed by atoms with van der Waals surface area (Å²) in [6.45, 7) is 1.66. The monoisotopic (exact) mass is 412 g/mol. The first-order chi connectivity index (χ1) is 15.3. The van der Waals surface area contributed by atoms with Crippen LogP contribution in [0.15, 0.2) is 66.7 Å². The van der Waals surface area contributed by atoms with Crippen molar-refractivity contribution in [1.82, 2.24) is 15.5 Å². The molecule has 0 saturated carbocycles. The molecule has 158 valence electrons. The number of piperidine rings is 1. The molecule has 0 radical (unpaired) electrons. The number of nitrogens with zero attached hydrogens (tertiary/aromatic N) is 3. The van der Waals surface area contributed by atoms with Gasteiger partial charge < -0.3 is 10.2 Å². The Balaban J connectivity index is 1.18. The quantitative estimate of drug-likeness (QED) is 0.683. The van der Waals surface area contributed by atoms with Gasteiger partial charge in [0, 0.05) is 24.6 Å². The van der Waals surface area contributed by atoms with Crippen LogP contribution in [-0.4, -0.2) is 29.2 Å². The summed E-state index contributed by atoms with van der Waals surface area (Å²) in [6, 6.07) is 22.8. The van der Waals surface area contributed by atoms with Crippen molar-refractivity contribution in [2.75, 3.05) is 18.0 Å². The molecule has 0 spiro atoms. The van der Waals surface area contributed by atoms with E-state index in [-0.39, 0.29) is 17.9 Å². The standard InChI is InChI=1S/C26H28N4O/c31-26(27-24-12-6-10-19-7-4-5-11-22(19)24)21-15-17-30(18-16-21)25-14-13-23(28-29-25)20-8-2-1-3-9-20/h1-5,7-9,11,13-14,21,24H,6,10,12,15-18H2,(H,27,31)/t24-/m1/s1. The lowest BCUT2D eigenvalue weighted by molar-refractivity contribution is -0.126. The topological polar surface area (TPSA) is 58.1 Å². The van der Waals surface area contributed by atoms with E-state index in [4.69, 9.17) is 0 Å². The van der Waals surface area contributed by atoms with Crippen molar-refractivity contribution in [3.8, 4) is 11.3 Å². The van der Waals surface area contributed by atoms with Gasteiger partial charge in [0.2, 0.25) is 5.91 Å². The van der Waals surface area contributed by atoms with Gasteiger partial charge in [-0.2, -0.15) is 0 Å². The molecule has 1 aliphatic heterocycles. The molecule has 0 unspecified atom stereocenters. The third-order valence-corrected chi connectivity index (χ3v) is 6.60. The Hall–Kier alpha value is -3.21. The number of hydrogen-bond acceptors (Lipinski definition) is 4.